The summed E-state index contributed by atoms with van der Waals surface area (Å²) in [6, 6.07) is 1.18. The summed E-state index contributed by atoms with van der Waals surface area (Å²) in [6.07, 6.45) is -0.691. The van der Waals surface area contributed by atoms with E-state index in [2.05, 4.69) is 4.98 Å². The van der Waals surface area contributed by atoms with Gasteiger partial charge in [0.15, 0.2) is 12.0 Å². The van der Waals surface area contributed by atoms with Crippen molar-refractivity contribution in [3.8, 4) is 0 Å². The first-order chi connectivity index (χ1) is 11.1. The minimum Gasteiger partial charge on any atom is -0.346 e. The van der Waals surface area contributed by atoms with Gasteiger partial charge in [0, 0.05) is 12.3 Å². The number of fused-ring (bicyclic) bond motifs is 1. The molecule has 1 aromatic heterocycles. The monoisotopic (exact) mass is 362 g/mol. The van der Waals surface area contributed by atoms with Crippen LogP contribution in [-0.2, 0) is 28.5 Å². The molecular formula is C13H18N2O8S. The van der Waals surface area contributed by atoms with Gasteiger partial charge in [0.05, 0.1) is 12.9 Å². The van der Waals surface area contributed by atoms with Crippen LogP contribution in [0.15, 0.2) is 21.9 Å². The van der Waals surface area contributed by atoms with Gasteiger partial charge >= 0.3 is 5.69 Å². The fourth-order valence-corrected chi connectivity index (χ4v) is 3.22. The second-order valence-corrected chi connectivity index (χ2v) is 7.78. The molecule has 24 heavy (non-hydrogen) atoms. The van der Waals surface area contributed by atoms with Crippen LogP contribution in [0, 0.1) is 0 Å². The molecule has 2 aliphatic heterocycles. The van der Waals surface area contributed by atoms with E-state index in [1.54, 1.807) is 13.8 Å². The molecule has 10 nitrogen and oxygen atoms in total. The van der Waals surface area contributed by atoms with E-state index in [0.717, 1.165) is 6.26 Å². The van der Waals surface area contributed by atoms with Gasteiger partial charge in [0.25, 0.3) is 15.7 Å². The number of ether oxygens (including phenoxy) is 3. The zero-order valence-corrected chi connectivity index (χ0v) is 14.1. The summed E-state index contributed by atoms with van der Waals surface area (Å²) in [4.78, 5) is 25.4. The maximum atomic E-state index is 12.0. The van der Waals surface area contributed by atoms with Gasteiger partial charge < -0.3 is 14.2 Å². The summed E-state index contributed by atoms with van der Waals surface area (Å²) in [5, 5.41) is 0. The number of aromatic amines is 1. The van der Waals surface area contributed by atoms with Gasteiger partial charge in [-0.2, -0.15) is 8.42 Å². The molecule has 3 rings (SSSR count). The van der Waals surface area contributed by atoms with Gasteiger partial charge in [0.1, 0.15) is 18.3 Å². The number of nitrogens with one attached hydrogen (secondary N) is 1. The van der Waals surface area contributed by atoms with Crippen molar-refractivity contribution < 1.29 is 26.8 Å². The lowest BCUT2D eigenvalue weighted by molar-refractivity contribution is -0.199. The molecular weight excluding hydrogens is 344 g/mol. The maximum Gasteiger partial charge on any atom is 0.330 e. The summed E-state index contributed by atoms with van der Waals surface area (Å²) < 4.78 is 45.6. The van der Waals surface area contributed by atoms with Gasteiger partial charge in [-0.05, 0) is 13.8 Å². The Labute approximate surface area is 137 Å². The Bertz CT molecular complexity index is 842. The molecule has 0 aromatic carbocycles. The van der Waals surface area contributed by atoms with E-state index in [4.69, 9.17) is 18.4 Å². The normalized spacial score (nSPS) is 32.0. The highest BCUT2D eigenvalue weighted by Crippen LogP contribution is 2.42. The predicted octanol–water partition coefficient (Wildman–Crippen LogP) is -1.07. The van der Waals surface area contributed by atoms with Crippen LogP contribution >= 0.6 is 0 Å². The third-order valence-electron chi connectivity index (χ3n) is 3.70. The van der Waals surface area contributed by atoms with Gasteiger partial charge in [-0.25, -0.2) is 4.79 Å². The van der Waals surface area contributed by atoms with E-state index in [1.165, 1.54) is 16.8 Å². The fraction of sp³-hybridized carbons (Fsp3) is 0.692. The molecule has 0 spiro atoms. The summed E-state index contributed by atoms with van der Waals surface area (Å²) in [6.45, 7) is 3.13. The third kappa shape index (κ3) is 3.44. The van der Waals surface area contributed by atoms with Gasteiger partial charge in [0.2, 0.25) is 0 Å². The van der Waals surface area contributed by atoms with Crippen molar-refractivity contribution >= 4 is 10.1 Å². The van der Waals surface area contributed by atoms with Crippen LogP contribution in [0.25, 0.3) is 0 Å². The summed E-state index contributed by atoms with van der Waals surface area (Å²) in [7, 11) is -3.66. The van der Waals surface area contributed by atoms with Crippen molar-refractivity contribution in [2.45, 2.75) is 44.2 Å². The van der Waals surface area contributed by atoms with Crippen LogP contribution in [0.2, 0.25) is 0 Å². The van der Waals surface area contributed by atoms with Crippen LogP contribution < -0.4 is 11.2 Å². The first-order valence-electron chi connectivity index (χ1n) is 7.23. The molecule has 0 amide bonds. The number of hydrogen-bond donors (Lipinski definition) is 1. The summed E-state index contributed by atoms with van der Waals surface area (Å²) >= 11 is 0. The van der Waals surface area contributed by atoms with E-state index in [0.29, 0.717) is 0 Å². The Hall–Kier alpha value is -1.53. The highest BCUT2D eigenvalue weighted by atomic mass is 32.2. The van der Waals surface area contributed by atoms with E-state index < -0.39 is 51.7 Å². The molecule has 0 bridgehead atoms. The first-order valence-corrected chi connectivity index (χ1v) is 9.04. The lowest BCUT2D eigenvalue weighted by Crippen LogP contribution is -2.37. The molecule has 2 fully saturated rings. The summed E-state index contributed by atoms with van der Waals surface area (Å²) in [5.74, 6) is -0.924. The van der Waals surface area contributed by atoms with Crippen LogP contribution in [0.3, 0.4) is 0 Å². The van der Waals surface area contributed by atoms with Gasteiger partial charge in [-0.1, -0.05) is 0 Å². The molecule has 1 aromatic rings. The fourth-order valence-electron chi connectivity index (χ4n) is 2.84. The lowest BCUT2D eigenvalue weighted by atomic mass is 10.1. The zero-order valence-electron chi connectivity index (χ0n) is 13.3. The second-order valence-electron chi connectivity index (χ2n) is 6.14. The van der Waals surface area contributed by atoms with Crippen molar-refractivity contribution in [3.05, 3.63) is 33.1 Å². The first kappa shape index (κ1) is 17.3. The van der Waals surface area contributed by atoms with E-state index in [9.17, 15) is 18.0 Å². The standard InChI is InChI=1S/C13H18N2O8S/c1-13(2)22-9-7(6-20-24(3,18)19)21-11(10(9)23-13)15-5-4-8(16)14-12(15)17/h4-5,7,9-11H,6H2,1-3H3,(H,14,16,17)/t7-,9+,10+,11+/m0/s1. The smallest absolute Gasteiger partial charge is 0.330 e. The average molecular weight is 362 g/mol. The summed E-state index contributed by atoms with van der Waals surface area (Å²) in [5.41, 5.74) is -1.20. The van der Waals surface area contributed by atoms with Crippen LogP contribution in [-0.4, -0.2) is 54.9 Å². The van der Waals surface area contributed by atoms with Crippen LogP contribution in [0.1, 0.15) is 20.1 Å². The Kier molecular flexibility index (Phi) is 4.16. The molecule has 0 saturated carbocycles. The predicted molar refractivity (Wildman–Crippen MR) is 79.9 cm³/mol. The second kappa shape index (κ2) is 5.77. The third-order valence-corrected chi connectivity index (χ3v) is 4.26. The number of hydrogen-bond acceptors (Lipinski definition) is 8. The van der Waals surface area contributed by atoms with Gasteiger partial charge in [-0.3, -0.25) is 18.5 Å². The average Bonchev–Trinajstić information content (AvgIpc) is 2.90. The number of H-pyrrole nitrogens is 1. The molecule has 11 heteroatoms. The van der Waals surface area contributed by atoms with Crippen molar-refractivity contribution in [3.63, 3.8) is 0 Å². The molecule has 2 aliphatic rings. The molecule has 1 N–H and O–H groups in total. The Morgan fingerprint density at radius 3 is 2.58 bits per heavy atom. The van der Waals surface area contributed by atoms with Crippen molar-refractivity contribution in [2.24, 2.45) is 0 Å². The molecule has 0 unspecified atom stereocenters. The molecule has 2 saturated heterocycles. The molecule has 0 aliphatic carbocycles. The van der Waals surface area contributed by atoms with Gasteiger partial charge in [-0.15, -0.1) is 0 Å². The van der Waals surface area contributed by atoms with Crippen LogP contribution in [0.4, 0.5) is 0 Å². The minimum atomic E-state index is -3.66. The zero-order chi connectivity index (χ0) is 17.7. The van der Waals surface area contributed by atoms with E-state index in [-0.39, 0.29) is 6.61 Å². The molecule has 3 heterocycles. The Morgan fingerprint density at radius 2 is 1.96 bits per heavy atom. The number of nitrogens with zero attached hydrogens (tertiary/aromatic N) is 1. The quantitative estimate of drug-likeness (QED) is 0.671. The van der Waals surface area contributed by atoms with Crippen molar-refractivity contribution in [2.75, 3.05) is 12.9 Å². The van der Waals surface area contributed by atoms with Crippen LogP contribution in [0.5, 0.6) is 0 Å². The topological polar surface area (TPSA) is 126 Å². The molecule has 134 valence electrons. The highest BCUT2D eigenvalue weighted by molar-refractivity contribution is 7.85. The van der Waals surface area contributed by atoms with E-state index >= 15 is 0 Å². The lowest BCUT2D eigenvalue weighted by Gasteiger charge is -2.24. The number of aromatic nitrogens is 2. The Morgan fingerprint density at radius 1 is 1.29 bits per heavy atom. The maximum absolute atomic E-state index is 12.0. The highest BCUT2D eigenvalue weighted by Gasteiger charge is 2.56. The number of rotatable bonds is 4. The van der Waals surface area contributed by atoms with Crippen molar-refractivity contribution in [1.82, 2.24) is 9.55 Å². The molecule has 0 radical (unpaired) electrons. The van der Waals surface area contributed by atoms with Crippen molar-refractivity contribution in [1.29, 1.82) is 0 Å². The minimum absolute atomic E-state index is 0.270. The molecule has 4 atom stereocenters. The van der Waals surface area contributed by atoms with E-state index in [1.807, 2.05) is 0 Å². The Balaban J connectivity index is 1.90. The SMILES string of the molecule is CC1(C)O[C@@H]2[C@H](O1)[C@H](COS(C)(=O)=O)O[C@H]2n1ccc(=O)[nH]c1=O. The largest absolute Gasteiger partial charge is 0.346 e.